The minimum absolute atomic E-state index is 0.190. The van der Waals surface area contributed by atoms with Crippen LogP contribution in [-0.2, 0) is 9.53 Å². The van der Waals surface area contributed by atoms with Crippen LogP contribution >= 0.6 is 0 Å². The highest BCUT2D eigenvalue weighted by Crippen LogP contribution is 2.57. The Morgan fingerprint density at radius 3 is 2.64 bits per heavy atom. The maximum atomic E-state index is 12.3. The number of rotatable bonds is 2. The Kier molecular flexibility index (Phi) is 4.03. The van der Waals surface area contributed by atoms with Crippen LogP contribution in [0.3, 0.4) is 0 Å². The molecule has 0 aromatic carbocycles. The van der Waals surface area contributed by atoms with Gasteiger partial charge < -0.3 is 19.8 Å². The average molecular weight is 311 g/mol. The largest absolute Gasteiger partial charge is 0.462 e. The Morgan fingerprint density at radius 2 is 2.00 bits per heavy atom. The molecular weight excluding hydrogens is 282 g/mol. The maximum absolute atomic E-state index is 12.3. The molecule has 1 heterocycles. The zero-order valence-corrected chi connectivity index (χ0v) is 14.0. The molecule has 5 heteroatoms. The Hall–Kier alpha value is -0.650. The minimum atomic E-state index is -0.693. The summed E-state index contributed by atoms with van der Waals surface area (Å²) in [6, 6.07) is 0. The van der Waals surface area contributed by atoms with Crippen molar-refractivity contribution in [3.05, 3.63) is 0 Å². The van der Waals surface area contributed by atoms with Gasteiger partial charge in [-0.15, -0.1) is 0 Å². The van der Waals surface area contributed by atoms with Gasteiger partial charge in [-0.2, -0.15) is 0 Å². The molecule has 8 atom stereocenters. The average Bonchev–Trinajstić information content (AvgIpc) is 2.86. The van der Waals surface area contributed by atoms with Gasteiger partial charge in [0.25, 0.3) is 0 Å². The van der Waals surface area contributed by atoms with E-state index in [1.54, 1.807) is 0 Å². The molecule has 22 heavy (non-hydrogen) atoms. The molecule has 0 bridgehead atoms. The smallest absolute Gasteiger partial charge is 0.311 e. The van der Waals surface area contributed by atoms with E-state index in [0.717, 1.165) is 19.3 Å². The minimum Gasteiger partial charge on any atom is -0.462 e. The lowest BCUT2D eigenvalue weighted by molar-refractivity contribution is -0.145. The number of fused-ring (bicyclic) bond motifs is 2. The van der Waals surface area contributed by atoms with Crippen molar-refractivity contribution in [2.24, 2.45) is 29.1 Å². The summed E-state index contributed by atoms with van der Waals surface area (Å²) in [4.78, 5) is 14.3. The van der Waals surface area contributed by atoms with Gasteiger partial charge in [-0.25, -0.2) is 0 Å². The number of hydrogen-bond acceptors (Lipinski definition) is 5. The quantitative estimate of drug-likeness (QED) is 0.741. The van der Waals surface area contributed by atoms with E-state index in [0.29, 0.717) is 18.4 Å². The van der Waals surface area contributed by atoms with Gasteiger partial charge in [-0.3, -0.25) is 4.79 Å². The molecule has 126 valence electrons. The van der Waals surface area contributed by atoms with E-state index in [-0.39, 0.29) is 23.9 Å². The van der Waals surface area contributed by atoms with Gasteiger partial charge in [-0.1, -0.05) is 13.8 Å². The summed E-state index contributed by atoms with van der Waals surface area (Å²) in [6.45, 7) is 4.76. The number of aliphatic hydroxyl groups excluding tert-OH is 2. The fourth-order valence-corrected chi connectivity index (χ4v) is 5.42. The molecule has 2 aliphatic carbocycles. The monoisotopic (exact) mass is 311 g/mol. The summed E-state index contributed by atoms with van der Waals surface area (Å²) < 4.78 is 5.64. The fraction of sp³-hybridized carbons (Fsp3) is 0.941. The maximum Gasteiger partial charge on any atom is 0.311 e. The molecule has 0 aromatic heterocycles. The summed E-state index contributed by atoms with van der Waals surface area (Å²) in [7, 11) is 3.86. The SMILES string of the molecule is C[C@@H]1C[C@H]2OC(=O)C(CN(C)C)[C@H]2[C@H](O)[C@]2(C)C(O)CC[C@@H]12. The molecule has 0 spiro atoms. The van der Waals surface area contributed by atoms with Crippen LogP contribution in [0.25, 0.3) is 0 Å². The molecule has 1 saturated heterocycles. The number of esters is 1. The molecule has 3 rings (SSSR count). The lowest BCUT2D eigenvalue weighted by atomic mass is 9.66. The van der Waals surface area contributed by atoms with Crippen LogP contribution in [0.2, 0.25) is 0 Å². The number of ether oxygens (including phenoxy) is 1. The van der Waals surface area contributed by atoms with E-state index in [4.69, 9.17) is 4.74 Å². The van der Waals surface area contributed by atoms with Crippen molar-refractivity contribution in [1.82, 2.24) is 4.90 Å². The number of hydrogen-bond donors (Lipinski definition) is 2. The molecule has 1 aliphatic heterocycles. The van der Waals surface area contributed by atoms with E-state index in [2.05, 4.69) is 6.92 Å². The molecule has 0 radical (unpaired) electrons. The molecular formula is C17H29NO4. The first-order chi connectivity index (χ1) is 10.3. The first-order valence-corrected chi connectivity index (χ1v) is 8.48. The van der Waals surface area contributed by atoms with Gasteiger partial charge >= 0.3 is 5.97 Å². The third-order valence-electron chi connectivity index (χ3n) is 6.59. The van der Waals surface area contributed by atoms with Crippen molar-refractivity contribution in [3.8, 4) is 0 Å². The first-order valence-electron chi connectivity index (χ1n) is 8.48. The number of aliphatic hydroxyl groups is 2. The number of carbonyl (C=O) groups excluding carboxylic acids is 1. The Bertz CT molecular complexity index is 454. The Labute approximate surface area is 132 Å². The summed E-state index contributed by atoms with van der Waals surface area (Å²) in [5.74, 6) is -0.0605. The van der Waals surface area contributed by atoms with Gasteiger partial charge in [-0.05, 0) is 45.2 Å². The second-order valence-electron chi connectivity index (χ2n) is 8.14. The van der Waals surface area contributed by atoms with Crippen LogP contribution in [0.4, 0.5) is 0 Å². The topological polar surface area (TPSA) is 70.0 Å². The highest BCUT2D eigenvalue weighted by Gasteiger charge is 2.62. The number of nitrogens with zero attached hydrogens (tertiary/aromatic N) is 1. The fourth-order valence-electron chi connectivity index (χ4n) is 5.42. The summed E-state index contributed by atoms with van der Waals surface area (Å²) in [5.41, 5.74) is -0.530. The lowest BCUT2D eigenvalue weighted by Crippen LogP contribution is -2.50. The van der Waals surface area contributed by atoms with Gasteiger partial charge in [0.15, 0.2) is 0 Å². The summed E-state index contributed by atoms with van der Waals surface area (Å²) in [6.07, 6.45) is 1.09. The molecule has 0 aromatic rings. The predicted molar refractivity (Wildman–Crippen MR) is 82.0 cm³/mol. The van der Waals surface area contributed by atoms with Crippen molar-refractivity contribution < 1.29 is 19.7 Å². The standard InChI is InChI=1S/C17H29NO4/c1-9-7-12-14(10(8-18(3)4)16(21)22-12)15(20)17(2)11(9)5-6-13(17)19/h9-15,19-20H,5-8H2,1-4H3/t9-,10?,11+,12-,13?,14-,15+,17+/m1/s1. The van der Waals surface area contributed by atoms with Crippen LogP contribution in [0, 0.1) is 29.1 Å². The van der Waals surface area contributed by atoms with E-state index in [1.807, 2.05) is 25.9 Å². The Balaban J connectivity index is 1.97. The van der Waals surface area contributed by atoms with Crippen LogP contribution < -0.4 is 0 Å². The highest BCUT2D eigenvalue weighted by atomic mass is 16.6. The third kappa shape index (κ3) is 2.21. The first kappa shape index (κ1) is 16.2. The zero-order chi connectivity index (χ0) is 16.2. The second kappa shape index (κ2) is 5.46. The summed E-state index contributed by atoms with van der Waals surface area (Å²) >= 11 is 0. The molecule has 2 unspecified atom stereocenters. The van der Waals surface area contributed by atoms with Gasteiger partial charge in [0.1, 0.15) is 6.10 Å². The molecule has 3 aliphatic rings. The van der Waals surface area contributed by atoms with E-state index < -0.39 is 17.6 Å². The normalized spacial score (nSPS) is 51.4. The molecule has 3 fully saturated rings. The van der Waals surface area contributed by atoms with Gasteiger partial charge in [0, 0.05) is 17.9 Å². The Morgan fingerprint density at radius 1 is 1.32 bits per heavy atom. The van der Waals surface area contributed by atoms with E-state index >= 15 is 0 Å². The summed E-state index contributed by atoms with van der Waals surface area (Å²) in [5, 5.41) is 21.7. The number of carbonyl (C=O) groups is 1. The van der Waals surface area contributed by atoms with E-state index in [9.17, 15) is 15.0 Å². The third-order valence-corrected chi connectivity index (χ3v) is 6.59. The van der Waals surface area contributed by atoms with Crippen molar-refractivity contribution in [2.45, 2.75) is 51.4 Å². The van der Waals surface area contributed by atoms with Gasteiger partial charge in [0.2, 0.25) is 0 Å². The van der Waals surface area contributed by atoms with E-state index in [1.165, 1.54) is 0 Å². The molecule has 5 nitrogen and oxygen atoms in total. The van der Waals surface area contributed by atoms with Crippen LogP contribution in [-0.4, -0.2) is 60.0 Å². The van der Waals surface area contributed by atoms with Crippen molar-refractivity contribution in [2.75, 3.05) is 20.6 Å². The van der Waals surface area contributed by atoms with Crippen LogP contribution in [0.1, 0.15) is 33.1 Å². The lowest BCUT2D eigenvalue weighted by Gasteiger charge is -2.42. The van der Waals surface area contributed by atoms with Gasteiger partial charge in [0.05, 0.1) is 18.1 Å². The molecule has 0 amide bonds. The zero-order valence-electron chi connectivity index (χ0n) is 14.0. The molecule has 2 saturated carbocycles. The molecule has 2 N–H and O–H groups in total. The van der Waals surface area contributed by atoms with Crippen LogP contribution in [0.5, 0.6) is 0 Å². The predicted octanol–water partition coefficient (Wildman–Crippen LogP) is 0.884. The van der Waals surface area contributed by atoms with Crippen LogP contribution in [0.15, 0.2) is 0 Å². The van der Waals surface area contributed by atoms with Crippen molar-refractivity contribution in [1.29, 1.82) is 0 Å². The highest BCUT2D eigenvalue weighted by molar-refractivity contribution is 5.75. The van der Waals surface area contributed by atoms with Crippen molar-refractivity contribution >= 4 is 5.97 Å². The van der Waals surface area contributed by atoms with Crippen molar-refractivity contribution in [3.63, 3.8) is 0 Å². The second-order valence-corrected chi connectivity index (χ2v) is 8.14.